The van der Waals surface area contributed by atoms with Crippen molar-refractivity contribution in [3.63, 3.8) is 0 Å². The van der Waals surface area contributed by atoms with E-state index in [0.717, 1.165) is 0 Å². The van der Waals surface area contributed by atoms with Crippen LogP contribution in [0.2, 0.25) is 0 Å². The molecule has 1 aromatic carbocycles. The first-order chi connectivity index (χ1) is 10.7. The number of rotatable bonds is 3. The molecule has 2 N–H and O–H groups in total. The molecule has 1 aliphatic rings. The Morgan fingerprint density at radius 1 is 1.17 bits per heavy atom. The molecular formula is C15H24N4O3S. The van der Waals surface area contributed by atoms with Gasteiger partial charge in [-0.1, -0.05) is 12.1 Å². The zero-order chi connectivity index (χ0) is 17.2. The molecule has 0 atom stereocenters. The maximum absolute atomic E-state index is 12.3. The van der Waals surface area contributed by atoms with E-state index in [9.17, 15) is 13.2 Å². The van der Waals surface area contributed by atoms with Crippen molar-refractivity contribution in [1.29, 1.82) is 0 Å². The van der Waals surface area contributed by atoms with Crippen molar-refractivity contribution in [2.75, 3.05) is 38.1 Å². The lowest BCUT2D eigenvalue weighted by Gasteiger charge is -2.39. The van der Waals surface area contributed by atoms with Gasteiger partial charge in [0.05, 0.1) is 5.69 Å². The number of hydrogen-bond acceptors (Lipinski definition) is 4. The van der Waals surface area contributed by atoms with Crippen LogP contribution in [0.4, 0.5) is 10.5 Å². The van der Waals surface area contributed by atoms with Crippen LogP contribution in [0.3, 0.4) is 0 Å². The van der Waals surface area contributed by atoms with E-state index < -0.39 is 10.0 Å². The minimum Gasteiger partial charge on any atom is -0.367 e. The molecule has 0 saturated carbocycles. The number of anilines is 1. The van der Waals surface area contributed by atoms with Crippen molar-refractivity contribution in [1.82, 2.24) is 9.80 Å². The first-order valence-electron chi connectivity index (χ1n) is 7.60. The Balaban J connectivity index is 2.10. The van der Waals surface area contributed by atoms with Crippen molar-refractivity contribution < 1.29 is 13.2 Å². The molecule has 2 rings (SSSR count). The average molecular weight is 340 g/mol. The van der Waals surface area contributed by atoms with Crippen molar-refractivity contribution in [3.8, 4) is 0 Å². The zero-order valence-corrected chi connectivity index (χ0v) is 14.6. The predicted molar refractivity (Wildman–Crippen MR) is 89.9 cm³/mol. The second-order valence-electron chi connectivity index (χ2n) is 5.97. The van der Waals surface area contributed by atoms with Gasteiger partial charge in [-0.25, -0.2) is 18.4 Å². The van der Waals surface area contributed by atoms with E-state index in [0.29, 0.717) is 31.9 Å². The number of benzene rings is 1. The van der Waals surface area contributed by atoms with Crippen LogP contribution in [0, 0.1) is 0 Å². The van der Waals surface area contributed by atoms with E-state index in [1.165, 1.54) is 6.07 Å². The third-order valence-electron chi connectivity index (χ3n) is 4.14. The first kappa shape index (κ1) is 17.6. The van der Waals surface area contributed by atoms with Gasteiger partial charge in [-0.05, 0) is 26.0 Å². The van der Waals surface area contributed by atoms with Gasteiger partial charge >= 0.3 is 6.03 Å². The molecule has 128 valence electrons. The highest BCUT2D eigenvalue weighted by Crippen LogP contribution is 2.25. The number of carbonyl (C=O) groups excluding carboxylic acids is 1. The summed E-state index contributed by atoms with van der Waals surface area (Å²) in [5.41, 5.74) is 0.597. The summed E-state index contributed by atoms with van der Waals surface area (Å²) in [5, 5.41) is 5.29. The van der Waals surface area contributed by atoms with E-state index in [1.807, 2.05) is 18.7 Å². The predicted octanol–water partition coefficient (Wildman–Crippen LogP) is 0.916. The molecule has 1 aromatic rings. The summed E-state index contributed by atoms with van der Waals surface area (Å²) in [5.74, 6) is 0. The van der Waals surface area contributed by atoms with Crippen molar-refractivity contribution in [2.45, 2.75) is 24.8 Å². The zero-order valence-electron chi connectivity index (χ0n) is 13.8. The Kier molecular flexibility index (Phi) is 5.16. The Morgan fingerprint density at radius 3 is 2.26 bits per heavy atom. The monoisotopic (exact) mass is 340 g/mol. The van der Waals surface area contributed by atoms with Gasteiger partial charge in [-0.2, -0.15) is 0 Å². The van der Waals surface area contributed by atoms with E-state index >= 15 is 0 Å². The lowest BCUT2D eigenvalue weighted by molar-refractivity contribution is 0.149. The van der Waals surface area contributed by atoms with Crippen LogP contribution in [-0.2, 0) is 10.0 Å². The van der Waals surface area contributed by atoms with Gasteiger partial charge < -0.3 is 14.7 Å². The van der Waals surface area contributed by atoms with Gasteiger partial charge in [0.25, 0.3) is 0 Å². The van der Waals surface area contributed by atoms with Gasteiger partial charge in [0, 0.05) is 39.3 Å². The highest BCUT2D eigenvalue weighted by molar-refractivity contribution is 7.89. The molecule has 1 aliphatic heterocycles. The fraction of sp³-hybridized carbons (Fsp3) is 0.533. The van der Waals surface area contributed by atoms with Crippen molar-refractivity contribution in [2.24, 2.45) is 5.14 Å². The van der Waals surface area contributed by atoms with Gasteiger partial charge in [0.15, 0.2) is 0 Å². The average Bonchev–Trinajstić information content (AvgIpc) is 2.52. The fourth-order valence-electron chi connectivity index (χ4n) is 2.54. The number of sulfonamides is 1. The lowest BCUT2D eigenvalue weighted by atomic mass is 10.2. The van der Waals surface area contributed by atoms with Crippen molar-refractivity contribution >= 4 is 21.7 Å². The Morgan fingerprint density at radius 2 is 1.74 bits per heavy atom. The number of hydrogen-bond donors (Lipinski definition) is 1. The normalized spacial score (nSPS) is 15.9. The van der Waals surface area contributed by atoms with Crippen molar-refractivity contribution in [3.05, 3.63) is 24.3 Å². The molecule has 1 saturated heterocycles. The Labute approximate surface area is 137 Å². The van der Waals surface area contributed by atoms with Crippen LogP contribution in [0.5, 0.6) is 0 Å². The molecule has 0 unspecified atom stereocenters. The third-order valence-corrected chi connectivity index (χ3v) is 5.10. The topological polar surface area (TPSA) is 86.9 Å². The van der Waals surface area contributed by atoms with E-state index in [-0.39, 0.29) is 17.0 Å². The number of nitrogens with zero attached hydrogens (tertiary/aromatic N) is 3. The van der Waals surface area contributed by atoms with E-state index in [1.54, 1.807) is 35.0 Å². The molecule has 1 fully saturated rings. The molecule has 8 heteroatoms. The molecule has 7 nitrogen and oxygen atoms in total. The van der Waals surface area contributed by atoms with Crippen LogP contribution in [0.25, 0.3) is 0 Å². The molecule has 0 spiro atoms. The molecular weight excluding hydrogens is 316 g/mol. The summed E-state index contributed by atoms with van der Waals surface area (Å²) in [6.45, 7) is 6.19. The highest BCUT2D eigenvalue weighted by Gasteiger charge is 2.26. The van der Waals surface area contributed by atoms with Gasteiger partial charge in [-0.15, -0.1) is 0 Å². The summed E-state index contributed by atoms with van der Waals surface area (Å²) in [7, 11) is -1.98. The Bertz CT molecular complexity index is 667. The van der Waals surface area contributed by atoms with Crippen LogP contribution >= 0.6 is 0 Å². The maximum atomic E-state index is 12.3. The van der Waals surface area contributed by atoms with Crippen LogP contribution in [-0.4, -0.2) is 63.5 Å². The molecule has 0 bridgehead atoms. The van der Waals surface area contributed by atoms with Crippen LogP contribution < -0.4 is 10.0 Å². The molecule has 23 heavy (non-hydrogen) atoms. The molecule has 2 amide bonds. The summed E-state index contributed by atoms with van der Waals surface area (Å²) in [6, 6.07) is 6.84. The van der Waals surface area contributed by atoms with Gasteiger partial charge in [0.1, 0.15) is 4.90 Å². The summed E-state index contributed by atoms with van der Waals surface area (Å²) in [6.07, 6.45) is 0. The molecule has 1 heterocycles. The minimum absolute atomic E-state index is 0.000573. The molecule has 0 aromatic heterocycles. The van der Waals surface area contributed by atoms with E-state index in [4.69, 9.17) is 5.14 Å². The minimum atomic E-state index is -3.77. The second kappa shape index (κ2) is 6.76. The first-order valence-corrected chi connectivity index (χ1v) is 9.15. The smallest absolute Gasteiger partial charge is 0.320 e. The summed E-state index contributed by atoms with van der Waals surface area (Å²) >= 11 is 0. The number of urea groups is 1. The largest absolute Gasteiger partial charge is 0.367 e. The standard InChI is InChI=1S/C15H24N4O3S/c1-12(2)17(3)15(20)19-10-8-18(9-11-19)13-6-4-5-7-14(13)23(16,21)22/h4-7,12H,8-11H2,1-3H3,(H2,16,21,22). The quantitative estimate of drug-likeness (QED) is 0.886. The molecule has 0 aliphatic carbocycles. The summed E-state index contributed by atoms with van der Waals surface area (Å²) < 4.78 is 23.4. The third kappa shape index (κ3) is 3.94. The number of para-hydroxylation sites is 1. The second-order valence-corrected chi connectivity index (χ2v) is 7.50. The van der Waals surface area contributed by atoms with Gasteiger partial charge in [-0.3, -0.25) is 0 Å². The summed E-state index contributed by atoms with van der Waals surface area (Å²) in [4.78, 5) is 17.9. The highest BCUT2D eigenvalue weighted by atomic mass is 32.2. The Hall–Kier alpha value is -1.80. The fourth-order valence-corrected chi connectivity index (χ4v) is 3.30. The number of amides is 2. The van der Waals surface area contributed by atoms with E-state index in [2.05, 4.69) is 0 Å². The molecule has 0 radical (unpaired) electrons. The number of primary sulfonamides is 1. The van der Waals surface area contributed by atoms with Crippen LogP contribution in [0.15, 0.2) is 29.2 Å². The maximum Gasteiger partial charge on any atom is 0.320 e. The number of carbonyl (C=O) groups is 1. The SMILES string of the molecule is CC(C)N(C)C(=O)N1CCN(c2ccccc2S(N)(=O)=O)CC1. The van der Waals surface area contributed by atoms with Crippen LogP contribution in [0.1, 0.15) is 13.8 Å². The number of piperazine rings is 1. The lowest BCUT2D eigenvalue weighted by Crippen LogP contribution is -2.53. The number of nitrogens with two attached hydrogens (primary N) is 1. The van der Waals surface area contributed by atoms with Gasteiger partial charge in [0.2, 0.25) is 10.0 Å².